The first-order valence-corrected chi connectivity index (χ1v) is 7.66. The van der Waals surface area contributed by atoms with E-state index >= 15 is 0 Å². The van der Waals surface area contributed by atoms with Crippen molar-refractivity contribution in [3.8, 4) is 0 Å². The minimum atomic E-state index is 0.493. The second kappa shape index (κ2) is 7.65. The van der Waals surface area contributed by atoms with Gasteiger partial charge in [-0.2, -0.15) is 0 Å². The van der Waals surface area contributed by atoms with Gasteiger partial charge in [0.15, 0.2) is 0 Å². The van der Waals surface area contributed by atoms with Crippen LogP contribution in [0.1, 0.15) is 38.9 Å². The summed E-state index contributed by atoms with van der Waals surface area (Å²) in [5.74, 6) is 1.82. The normalized spacial score (nSPS) is 21.5. The maximum Gasteiger partial charge on any atom is 0.110 e. The van der Waals surface area contributed by atoms with Gasteiger partial charge >= 0.3 is 0 Å². The average Bonchev–Trinajstić information content (AvgIpc) is 2.91. The van der Waals surface area contributed by atoms with Gasteiger partial charge in [0.2, 0.25) is 0 Å². The van der Waals surface area contributed by atoms with Gasteiger partial charge in [-0.05, 0) is 38.6 Å². The van der Waals surface area contributed by atoms with Gasteiger partial charge in [0.05, 0.1) is 6.61 Å². The molecule has 1 N–H and O–H groups in total. The molecule has 0 amide bonds. The van der Waals surface area contributed by atoms with Crippen LogP contribution < -0.4 is 5.32 Å². The van der Waals surface area contributed by atoms with Crippen molar-refractivity contribution in [1.82, 2.24) is 14.9 Å². The Kier molecular flexibility index (Phi) is 5.86. The molecule has 0 bridgehead atoms. The summed E-state index contributed by atoms with van der Waals surface area (Å²) in [4.78, 5) is 4.51. The Balaban J connectivity index is 1.99. The van der Waals surface area contributed by atoms with E-state index in [1.165, 1.54) is 25.1 Å². The molecule has 2 rings (SSSR count). The molecule has 1 aromatic heterocycles. The third kappa shape index (κ3) is 4.05. The molecule has 2 heterocycles. The van der Waals surface area contributed by atoms with Crippen LogP contribution in [-0.4, -0.2) is 35.4 Å². The van der Waals surface area contributed by atoms with Crippen molar-refractivity contribution in [1.29, 1.82) is 0 Å². The van der Waals surface area contributed by atoms with Crippen molar-refractivity contribution in [2.45, 2.75) is 52.1 Å². The summed E-state index contributed by atoms with van der Waals surface area (Å²) in [5.41, 5.74) is 0. The quantitative estimate of drug-likeness (QED) is 0.822. The van der Waals surface area contributed by atoms with Gasteiger partial charge in [0, 0.05) is 38.0 Å². The highest BCUT2D eigenvalue weighted by molar-refractivity contribution is 4.97. The number of rotatable bonds is 7. The van der Waals surface area contributed by atoms with E-state index in [0.717, 1.165) is 32.7 Å². The second-order valence-electron chi connectivity index (χ2n) is 5.37. The number of nitrogens with one attached hydrogen (secondary N) is 1. The SMILES string of the molecule is CCCNC(Cc1nccn1CC)C1CCCOC1. The van der Waals surface area contributed by atoms with Crippen LogP contribution in [0.25, 0.3) is 0 Å². The maximum absolute atomic E-state index is 5.65. The van der Waals surface area contributed by atoms with Gasteiger partial charge in [-0.25, -0.2) is 4.98 Å². The molecule has 1 aliphatic heterocycles. The van der Waals surface area contributed by atoms with Crippen LogP contribution in [0.2, 0.25) is 0 Å². The largest absolute Gasteiger partial charge is 0.381 e. The van der Waals surface area contributed by atoms with Gasteiger partial charge in [-0.3, -0.25) is 0 Å². The zero-order valence-electron chi connectivity index (χ0n) is 12.3. The second-order valence-corrected chi connectivity index (χ2v) is 5.37. The van der Waals surface area contributed by atoms with E-state index in [1.807, 2.05) is 6.20 Å². The fourth-order valence-electron chi connectivity index (χ4n) is 2.83. The molecule has 1 aromatic rings. The Labute approximate surface area is 116 Å². The number of imidazole rings is 1. The molecule has 0 aliphatic carbocycles. The standard InChI is InChI=1S/C15H27N3O/c1-3-7-16-14(13-6-5-10-19-12-13)11-15-17-8-9-18(15)4-2/h8-9,13-14,16H,3-7,10-12H2,1-2H3. The van der Waals surface area contributed by atoms with E-state index in [-0.39, 0.29) is 0 Å². The van der Waals surface area contributed by atoms with Gasteiger partial charge in [-0.1, -0.05) is 6.92 Å². The van der Waals surface area contributed by atoms with E-state index in [4.69, 9.17) is 4.74 Å². The van der Waals surface area contributed by atoms with Crippen LogP contribution in [-0.2, 0) is 17.7 Å². The van der Waals surface area contributed by atoms with Gasteiger partial charge in [0.25, 0.3) is 0 Å². The summed E-state index contributed by atoms with van der Waals surface area (Å²) in [6.45, 7) is 8.29. The molecule has 108 valence electrons. The first kappa shape index (κ1) is 14.5. The molecular weight excluding hydrogens is 238 g/mol. The first-order valence-electron chi connectivity index (χ1n) is 7.66. The van der Waals surface area contributed by atoms with Crippen LogP contribution in [0.3, 0.4) is 0 Å². The van der Waals surface area contributed by atoms with Crippen molar-refractivity contribution >= 4 is 0 Å². The molecule has 1 aliphatic rings. The minimum Gasteiger partial charge on any atom is -0.381 e. The molecule has 0 spiro atoms. The van der Waals surface area contributed by atoms with E-state index in [9.17, 15) is 0 Å². The average molecular weight is 265 g/mol. The predicted octanol–water partition coefficient (Wildman–Crippen LogP) is 2.24. The van der Waals surface area contributed by atoms with Crippen molar-refractivity contribution in [3.05, 3.63) is 18.2 Å². The molecule has 1 saturated heterocycles. The lowest BCUT2D eigenvalue weighted by molar-refractivity contribution is 0.0389. The summed E-state index contributed by atoms with van der Waals surface area (Å²) in [5, 5.41) is 3.70. The lowest BCUT2D eigenvalue weighted by atomic mass is 9.91. The summed E-state index contributed by atoms with van der Waals surface area (Å²) in [7, 11) is 0. The number of hydrogen-bond acceptors (Lipinski definition) is 3. The smallest absolute Gasteiger partial charge is 0.110 e. The number of hydrogen-bond donors (Lipinski definition) is 1. The summed E-state index contributed by atoms with van der Waals surface area (Å²) in [6.07, 6.45) is 8.63. The molecule has 2 unspecified atom stereocenters. The Morgan fingerprint density at radius 2 is 2.42 bits per heavy atom. The molecule has 1 fully saturated rings. The topological polar surface area (TPSA) is 39.1 Å². The van der Waals surface area contributed by atoms with E-state index < -0.39 is 0 Å². The highest BCUT2D eigenvalue weighted by atomic mass is 16.5. The van der Waals surface area contributed by atoms with Crippen molar-refractivity contribution < 1.29 is 4.74 Å². The summed E-state index contributed by atoms with van der Waals surface area (Å²) < 4.78 is 7.89. The Bertz CT molecular complexity index is 358. The number of aryl methyl sites for hydroxylation is 1. The predicted molar refractivity (Wildman–Crippen MR) is 77.2 cm³/mol. The van der Waals surface area contributed by atoms with Crippen molar-refractivity contribution in [3.63, 3.8) is 0 Å². The molecule has 2 atom stereocenters. The monoisotopic (exact) mass is 265 g/mol. The van der Waals surface area contributed by atoms with Crippen LogP contribution in [0, 0.1) is 5.92 Å². The van der Waals surface area contributed by atoms with Crippen LogP contribution in [0.15, 0.2) is 12.4 Å². The number of aromatic nitrogens is 2. The van der Waals surface area contributed by atoms with Crippen molar-refractivity contribution in [2.75, 3.05) is 19.8 Å². The third-order valence-electron chi connectivity index (χ3n) is 3.97. The van der Waals surface area contributed by atoms with Gasteiger partial charge in [0.1, 0.15) is 5.82 Å². The molecule has 4 nitrogen and oxygen atoms in total. The fraction of sp³-hybridized carbons (Fsp3) is 0.800. The van der Waals surface area contributed by atoms with E-state index in [2.05, 4.69) is 34.9 Å². The lowest BCUT2D eigenvalue weighted by Gasteiger charge is -2.31. The molecule has 0 saturated carbocycles. The van der Waals surface area contributed by atoms with E-state index in [0.29, 0.717) is 12.0 Å². The number of nitrogens with zero attached hydrogens (tertiary/aromatic N) is 2. The number of ether oxygens (including phenoxy) is 1. The summed E-state index contributed by atoms with van der Waals surface area (Å²) in [6, 6.07) is 0.493. The highest BCUT2D eigenvalue weighted by Crippen LogP contribution is 2.20. The molecule has 19 heavy (non-hydrogen) atoms. The lowest BCUT2D eigenvalue weighted by Crippen LogP contribution is -2.42. The third-order valence-corrected chi connectivity index (χ3v) is 3.97. The van der Waals surface area contributed by atoms with Crippen molar-refractivity contribution in [2.24, 2.45) is 5.92 Å². The molecule has 4 heteroatoms. The van der Waals surface area contributed by atoms with Gasteiger partial charge in [-0.15, -0.1) is 0 Å². The van der Waals surface area contributed by atoms with E-state index in [1.54, 1.807) is 0 Å². The zero-order chi connectivity index (χ0) is 13.5. The fourth-order valence-corrected chi connectivity index (χ4v) is 2.83. The van der Waals surface area contributed by atoms with Gasteiger partial charge < -0.3 is 14.6 Å². The summed E-state index contributed by atoms with van der Waals surface area (Å²) >= 11 is 0. The highest BCUT2D eigenvalue weighted by Gasteiger charge is 2.25. The maximum atomic E-state index is 5.65. The molecular formula is C15H27N3O. The molecule has 0 aromatic carbocycles. The van der Waals surface area contributed by atoms with Crippen LogP contribution in [0.4, 0.5) is 0 Å². The van der Waals surface area contributed by atoms with Crippen LogP contribution in [0.5, 0.6) is 0 Å². The zero-order valence-corrected chi connectivity index (χ0v) is 12.3. The Hall–Kier alpha value is -0.870. The molecule has 0 radical (unpaired) electrons. The Morgan fingerprint density at radius 3 is 3.11 bits per heavy atom. The Morgan fingerprint density at radius 1 is 1.53 bits per heavy atom. The van der Waals surface area contributed by atoms with Crippen LogP contribution >= 0.6 is 0 Å². The minimum absolute atomic E-state index is 0.493. The first-order chi connectivity index (χ1) is 9.35.